The summed E-state index contributed by atoms with van der Waals surface area (Å²) in [6.07, 6.45) is 1.84. The van der Waals surface area contributed by atoms with Crippen molar-refractivity contribution in [2.45, 2.75) is 6.54 Å². The van der Waals surface area contributed by atoms with Crippen LogP contribution in [-0.4, -0.2) is 35.5 Å². The van der Waals surface area contributed by atoms with E-state index in [0.717, 1.165) is 28.0 Å². The van der Waals surface area contributed by atoms with Gasteiger partial charge in [0.05, 0.1) is 23.8 Å². The van der Waals surface area contributed by atoms with E-state index < -0.39 is 0 Å². The molecule has 0 aliphatic rings. The molecular weight excluding hydrogens is 363 g/mol. The van der Waals surface area contributed by atoms with E-state index >= 15 is 0 Å². The number of benzene rings is 2. The highest BCUT2D eigenvalue weighted by Crippen LogP contribution is 2.35. The zero-order valence-corrected chi connectivity index (χ0v) is 15.2. The molecule has 25 heavy (non-hydrogen) atoms. The average Bonchev–Trinajstić information content (AvgIpc) is 3.11. The summed E-state index contributed by atoms with van der Waals surface area (Å²) < 4.78 is 6.07. The van der Waals surface area contributed by atoms with Crippen LogP contribution in [-0.2, 0) is 6.54 Å². The summed E-state index contributed by atoms with van der Waals surface area (Å²) in [6, 6.07) is 11.3. The number of hydrogen-bond acceptors (Lipinski definition) is 4. The van der Waals surface area contributed by atoms with Gasteiger partial charge in [-0.3, -0.25) is 0 Å². The lowest BCUT2D eigenvalue weighted by atomic mass is 10.2. The molecule has 4 N–H and O–H groups in total. The van der Waals surface area contributed by atoms with Crippen molar-refractivity contribution in [3.63, 3.8) is 0 Å². The summed E-state index contributed by atoms with van der Waals surface area (Å²) in [6.45, 7) is 0.455. The van der Waals surface area contributed by atoms with E-state index in [9.17, 15) is 0 Å². The van der Waals surface area contributed by atoms with Crippen LogP contribution in [0.15, 0.2) is 42.6 Å². The van der Waals surface area contributed by atoms with Crippen LogP contribution in [0, 0.1) is 0 Å². The van der Waals surface area contributed by atoms with E-state index in [2.05, 4.69) is 10.3 Å². The van der Waals surface area contributed by atoms with Crippen molar-refractivity contribution in [1.82, 2.24) is 10.3 Å². The van der Waals surface area contributed by atoms with E-state index in [4.69, 9.17) is 38.2 Å². The van der Waals surface area contributed by atoms with Gasteiger partial charge in [0.1, 0.15) is 11.5 Å². The second-order valence-electron chi connectivity index (χ2n) is 5.14. The number of aromatic amines is 1. The van der Waals surface area contributed by atoms with Crippen molar-refractivity contribution in [3.8, 4) is 11.5 Å². The van der Waals surface area contributed by atoms with Crippen molar-refractivity contribution in [3.05, 3.63) is 58.2 Å². The molecule has 0 amide bonds. The fraction of sp³-hybridized carbons (Fsp3) is 0.222. The van der Waals surface area contributed by atoms with Gasteiger partial charge in [-0.15, -0.1) is 0 Å². The first-order chi connectivity index (χ1) is 12.1. The fourth-order valence-corrected chi connectivity index (χ4v) is 2.64. The minimum Gasteiger partial charge on any atom is -0.456 e. The molecular formula is C18H20Cl2N2O3. The first-order valence-corrected chi connectivity index (χ1v) is 8.44. The van der Waals surface area contributed by atoms with Crippen LogP contribution >= 0.6 is 23.2 Å². The molecule has 0 saturated carbocycles. The third-order valence-electron chi connectivity index (χ3n) is 3.35. The van der Waals surface area contributed by atoms with Gasteiger partial charge < -0.3 is 25.3 Å². The summed E-state index contributed by atoms with van der Waals surface area (Å²) >= 11 is 12.2. The zero-order chi connectivity index (χ0) is 18.2. The summed E-state index contributed by atoms with van der Waals surface area (Å²) in [5.74, 6) is 1.48. The maximum atomic E-state index is 7.62. The number of rotatable bonds is 5. The Morgan fingerprint density at radius 3 is 2.48 bits per heavy atom. The Morgan fingerprint density at radius 1 is 1.04 bits per heavy atom. The molecule has 0 aliphatic heterocycles. The minimum atomic E-state index is -0.125. The van der Waals surface area contributed by atoms with Gasteiger partial charge >= 0.3 is 0 Å². The predicted octanol–water partition coefficient (Wildman–Crippen LogP) is 3.96. The average molecular weight is 383 g/mol. The SMILES string of the molecule is CNCc1ccc(Cl)cc1Oc1ccc(Cl)c2[nH]ccc12.OCCO. The third-order valence-corrected chi connectivity index (χ3v) is 3.90. The molecule has 0 fully saturated rings. The Bertz CT molecular complexity index is 819. The lowest BCUT2D eigenvalue weighted by Gasteiger charge is -2.12. The van der Waals surface area contributed by atoms with Crippen LogP contribution in [0.25, 0.3) is 10.9 Å². The second-order valence-corrected chi connectivity index (χ2v) is 5.99. The lowest BCUT2D eigenvalue weighted by Crippen LogP contribution is -2.06. The summed E-state index contributed by atoms with van der Waals surface area (Å²) in [5, 5.41) is 20.6. The largest absolute Gasteiger partial charge is 0.456 e. The standard InChI is InChI=1S/C16H14Cl2N2O.C2H6O2/c1-19-9-10-2-3-11(17)8-15(10)21-14-5-4-13(18)16-12(14)6-7-20-16;3-1-2-4/h2-8,19-20H,9H2,1H3;3-4H,1-2H2. The van der Waals surface area contributed by atoms with Gasteiger partial charge in [-0.25, -0.2) is 0 Å². The maximum absolute atomic E-state index is 7.62. The topological polar surface area (TPSA) is 77.5 Å². The summed E-state index contributed by atoms with van der Waals surface area (Å²) in [4.78, 5) is 3.11. The van der Waals surface area contributed by atoms with Crippen LogP contribution in [0.2, 0.25) is 10.0 Å². The van der Waals surface area contributed by atoms with Gasteiger partial charge in [0.15, 0.2) is 0 Å². The molecule has 0 radical (unpaired) electrons. The van der Waals surface area contributed by atoms with E-state index in [-0.39, 0.29) is 13.2 Å². The molecule has 3 aromatic rings. The molecule has 0 spiro atoms. The molecule has 7 heteroatoms. The number of halogens is 2. The number of aliphatic hydroxyl groups excluding tert-OH is 2. The van der Waals surface area contributed by atoms with Gasteiger partial charge in [-0.1, -0.05) is 29.3 Å². The number of ether oxygens (including phenoxy) is 1. The highest BCUT2D eigenvalue weighted by atomic mass is 35.5. The van der Waals surface area contributed by atoms with Crippen molar-refractivity contribution in [2.24, 2.45) is 0 Å². The molecule has 0 aliphatic carbocycles. The molecule has 0 unspecified atom stereocenters. The molecule has 5 nitrogen and oxygen atoms in total. The van der Waals surface area contributed by atoms with Gasteiger partial charge in [-0.2, -0.15) is 0 Å². The number of aliphatic hydroxyl groups is 2. The first-order valence-electron chi connectivity index (χ1n) is 7.69. The van der Waals surface area contributed by atoms with Crippen molar-refractivity contribution >= 4 is 34.1 Å². The highest BCUT2D eigenvalue weighted by Gasteiger charge is 2.10. The van der Waals surface area contributed by atoms with E-state index in [0.29, 0.717) is 16.6 Å². The van der Waals surface area contributed by atoms with E-state index in [1.54, 1.807) is 0 Å². The molecule has 2 aromatic carbocycles. The van der Waals surface area contributed by atoms with Gasteiger partial charge in [0.25, 0.3) is 0 Å². The summed E-state index contributed by atoms with van der Waals surface area (Å²) in [7, 11) is 1.89. The molecule has 0 saturated heterocycles. The summed E-state index contributed by atoms with van der Waals surface area (Å²) in [5.41, 5.74) is 1.91. The molecule has 3 rings (SSSR count). The minimum absolute atomic E-state index is 0.125. The van der Waals surface area contributed by atoms with Crippen LogP contribution in [0.5, 0.6) is 11.5 Å². The maximum Gasteiger partial charge on any atom is 0.136 e. The Morgan fingerprint density at radius 2 is 1.80 bits per heavy atom. The predicted molar refractivity (Wildman–Crippen MR) is 102 cm³/mol. The third kappa shape index (κ3) is 5.11. The molecule has 134 valence electrons. The van der Waals surface area contributed by atoms with E-state index in [1.165, 1.54) is 0 Å². The quantitative estimate of drug-likeness (QED) is 0.538. The van der Waals surface area contributed by atoms with Crippen molar-refractivity contribution in [2.75, 3.05) is 20.3 Å². The van der Waals surface area contributed by atoms with E-state index in [1.807, 2.05) is 49.6 Å². The Hall–Kier alpha value is -1.76. The van der Waals surface area contributed by atoms with Gasteiger partial charge in [0.2, 0.25) is 0 Å². The number of aromatic nitrogens is 1. The van der Waals surface area contributed by atoms with Crippen molar-refractivity contribution in [1.29, 1.82) is 0 Å². The molecule has 0 bridgehead atoms. The van der Waals surface area contributed by atoms with Crippen LogP contribution < -0.4 is 10.1 Å². The van der Waals surface area contributed by atoms with Crippen LogP contribution in [0.3, 0.4) is 0 Å². The van der Waals surface area contributed by atoms with Crippen molar-refractivity contribution < 1.29 is 14.9 Å². The molecule has 1 aromatic heterocycles. The monoisotopic (exact) mass is 382 g/mol. The fourth-order valence-electron chi connectivity index (χ4n) is 2.26. The Labute approximate surface area is 156 Å². The van der Waals surface area contributed by atoms with Crippen LogP contribution in [0.4, 0.5) is 0 Å². The Kier molecular flexibility index (Phi) is 7.55. The zero-order valence-electron chi connectivity index (χ0n) is 13.7. The van der Waals surface area contributed by atoms with Crippen LogP contribution in [0.1, 0.15) is 5.56 Å². The number of fused-ring (bicyclic) bond motifs is 1. The smallest absolute Gasteiger partial charge is 0.136 e. The number of nitrogens with one attached hydrogen (secondary N) is 2. The molecule has 0 atom stereocenters. The first kappa shape index (κ1) is 19.6. The van der Waals surface area contributed by atoms with Gasteiger partial charge in [-0.05, 0) is 37.4 Å². The number of hydrogen-bond donors (Lipinski definition) is 4. The van der Waals surface area contributed by atoms with Gasteiger partial charge in [0, 0.05) is 28.7 Å². The number of H-pyrrole nitrogens is 1. The second kappa shape index (κ2) is 9.65. The highest BCUT2D eigenvalue weighted by molar-refractivity contribution is 6.35. The Balaban J connectivity index is 0.000000511. The molecule has 1 heterocycles. The lowest BCUT2D eigenvalue weighted by molar-refractivity contribution is 0.186. The normalized spacial score (nSPS) is 10.4.